The Morgan fingerprint density at radius 1 is 0.559 bits per heavy atom. The van der Waals surface area contributed by atoms with Gasteiger partial charge in [-0.15, -0.1) is 0 Å². The van der Waals surface area contributed by atoms with E-state index in [1.165, 1.54) is 36.4 Å². The Kier molecular flexibility index (Phi) is 5.14. The van der Waals surface area contributed by atoms with Gasteiger partial charge < -0.3 is 35.0 Å². The van der Waals surface area contributed by atoms with Crippen LogP contribution < -0.4 is 9.47 Å². The molecule has 7 heteroatoms. The van der Waals surface area contributed by atoms with Crippen LogP contribution in [0, 0.1) is 0 Å². The summed E-state index contributed by atoms with van der Waals surface area (Å²) < 4.78 is 11.9. The molecule has 0 saturated carbocycles. The minimum absolute atomic E-state index is 0.00475. The highest BCUT2D eigenvalue weighted by atomic mass is 16.5. The summed E-state index contributed by atoms with van der Waals surface area (Å²) in [5.41, 5.74) is 2.13. The topological polar surface area (TPSA) is 120 Å². The molecule has 0 amide bonds. The van der Waals surface area contributed by atoms with Gasteiger partial charge in [-0.2, -0.15) is 0 Å². The van der Waals surface area contributed by atoms with Crippen molar-refractivity contribution in [1.29, 1.82) is 0 Å². The van der Waals surface area contributed by atoms with Gasteiger partial charge in [-0.1, -0.05) is 24.3 Å². The number of ether oxygens (including phenoxy) is 2. The number of phenols is 5. The zero-order valence-corrected chi connectivity index (χ0v) is 17.7. The number of rotatable bonds is 4. The quantitative estimate of drug-likeness (QED) is 0.339. The Balaban J connectivity index is 1.46. The number of hydrogen-bond donors (Lipinski definition) is 5. The third-order valence-electron chi connectivity index (χ3n) is 5.44. The zero-order chi connectivity index (χ0) is 23.8. The second kappa shape index (κ2) is 8.29. The maximum atomic E-state index is 10.2. The standard InChI is InChI=1S/C27H20O7/c28-18-13-25-27-17(11-19(33-25)5-1-15-3-7-21(29)23(31)9-15)12-20(34-26(27)14-18)6-2-16-4-8-22(30)24(32)10-16/h1-14,17,28-32H/b5-1+,6-2+. The highest BCUT2D eigenvalue weighted by Crippen LogP contribution is 2.47. The fraction of sp³-hybridized carbons (Fsp3) is 0.0370. The molecule has 34 heavy (non-hydrogen) atoms. The number of hydrogen-bond acceptors (Lipinski definition) is 7. The Bertz CT molecular complexity index is 1310. The van der Waals surface area contributed by atoms with E-state index in [0.29, 0.717) is 34.1 Å². The van der Waals surface area contributed by atoms with Gasteiger partial charge in [-0.05, 0) is 59.7 Å². The van der Waals surface area contributed by atoms with E-state index in [1.807, 2.05) is 12.2 Å². The van der Waals surface area contributed by atoms with Gasteiger partial charge in [0.05, 0.1) is 0 Å². The summed E-state index contributed by atoms with van der Waals surface area (Å²) in [6.45, 7) is 0. The fourth-order valence-electron chi connectivity index (χ4n) is 3.80. The second-order valence-electron chi connectivity index (χ2n) is 7.89. The van der Waals surface area contributed by atoms with Gasteiger partial charge in [0.25, 0.3) is 0 Å². The molecule has 0 aromatic heterocycles. The molecule has 7 nitrogen and oxygen atoms in total. The van der Waals surface area contributed by atoms with Gasteiger partial charge in [-0.25, -0.2) is 0 Å². The van der Waals surface area contributed by atoms with Crippen molar-refractivity contribution in [1.82, 2.24) is 0 Å². The van der Waals surface area contributed by atoms with Crippen molar-refractivity contribution in [2.45, 2.75) is 5.92 Å². The highest BCUT2D eigenvalue weighted by molar-refractivity contribution is 5.64. The molecule has 0 saturated heterocycles. The molecular formula is C27H20O7. The van der Waals surface area contributed by atoms with Crippen LogP contribution in [0.3, 0.4) is 0 Å². The SMILES string of the molecule is Oc1cc2c3c(c1)OC(/C=C/c1ccc(O)c(O)c1)=CC3C=C(/C=C/c1ccc(O)c(O)c1)O2. The molecule has 0 bridgehead atoms. The summed E-state index contributed by atoms with van der Waals surface area (Å²) in [6.07, 6.45) is 10.7. The van der Waals surface area contributed by atoms with Crippen molar-refractivity contribution in [3.63, 3.8) is 0 Å². The fourth-order valence-corrected chi connectivity index (χ4v) is 3.80. The number of allylic oxidation sites excluding steroid dienone is 4. The first-order valence-corrected chi connectivity index (χ1v) is 10.4. The third-order valence-corrected chi connectivity index (χ3v) is 5.44. The molecule has 0 fully saturated rings. The molecule has 0 unspecified atom stereocenters. The third kappa shape index (κ3) is 4.14. The van der Waals surface area contributed by atoms with Gasteiger partial charge >= 0.3 is 0 Å². The Morgan fingerprint density at radius 3 is 1.47 bits per heavy atom. The van der Waals surface area contributed by atoms with E-state index in [0.717, 1.165) is 5.56 Å². The largest absolute Gasteiger partial charge is 0.508 e. The zero-order valence-electron chi connectivity index (χ0n) is 17.7. The Morgan fingerprint density at radius 2 is 1.03 bits per heavy atom. The van der Waals surface area contributed by atoms with Crippen molar-refractivity contribution in [3.05, 3.63) is 101 Å². The molecule has 0 atom stereocenters. The van der Waals surface area contributed by atoms with Crippen LogP contribution in [0.5, 0.6) is 40.2 Å². The van der Waals surface area contributed by atoms with E-state index >= 15 is 0 Å². The molecule has 5 N–H and O–H groups in total. The van der Waals surface area contributed by atoms with Crippen molar-refractivity contribution >= 4 is 12.2 Å². The van der Waals surface area contributed by atoms with Crippen molar-refractivity contribution in [2.24, 2.45) is 0 Å². The Labute approximate surface area is 194 Å². The van der Waals surface area contributed by atoms with E-state index in [9.17, 15) is 25.5 Å². The second-order valence-corrected chi connectivity index (χ2v) is 7.89. The molecule has 0 spiro atoms. The van der Waals surface area contributed by atoms with Crippen LogP contribution in [-0.2, 0) is 0 Å². The molecule has 2 aliphatic rings. The minimum atomic E-state index is -0.216. The average molecular weight is 456 g/mol. The number of phenolic OH excluding ortho intramolecular Hbond substituents is 5. The van der Waals surface area contributed by atoms with Gasteiger partial charge in [0.2, 0.25) is 0 Å². The van der Waals surface area contributed by atoms with Crippen LogP contribution in [-0.4, -0.2) is 25.5 Å². The first-order valence-electron chi connectivity index (χ1n) is 10.4. The van der Waals surface area contributed by atoms with Gasteiger partial charge in [-0.3, -0.25) is 0 Å². The summed E-state index contributed by atoms with van der Waals surface area (Å²) in [5, 5.41) is 48.5. The van der Waals surface area contributed by atoms with Crippen LogP contribution in [0.2, 0.25) is 0 Å². The maximum Gasteiger partial charge on any atom is 0.157 e. The normalized spacial score (nSPS) is 14.9. The lowest BCUT2D eigenvalue weighted by molar-refractivity contribution is 0.378. The molecule has 170 valence electrons. The smallest absolute Gasteiger partial charge is 0.157 e. The highest BCUT2D eigenvalue weighted by Gasteiger charge is 2.29. The first-order chi connectivity index (χ1) is 16.4. The lowest BCUT2D eigenvalue weighted by Gasteiger charge is -2.28. The van der Waals surface area contributed by atoms with E-state index in [1.54, 1.807) is 36.4 Å². The Hall–Kier alpha value is -4.78. The summed E-state index contributed by atoms with van der Waals surface area (Å²) in [4.78, 5) is 0. The van der Waals surface area contributed by atoms with Crippen LogP contribution in [0.15, 0.2) is 84.4 Å². The number of benzene rings is 3. The van der Waals surface area contributed by atoms with Gasteiger partial charge in [0, 0.05) is 23.6 Å². The average Bonchev–Trinajstić information content (AvgIpc) is 2.80. The summed E-state index contributed by atoms with van der Waals surface area (Å²) in [7, 11) is 0. The van der Waals surface area contributed by atoms with E-state index < -0.39 is 0 Å². The van der Waals surface area contributed by atoms with E-state index in [4.69, 9.17) is 9.47 Å². The molecule has 0 radical (unpaired) electrons. The van der Waals surface area contributed by atoms with Crippen molar-refractivity contribution in [3.8, 4) is 40.2 Å². The van der Waals surface area contributed by atoms with Crippen LogP contribution in [0.25, 0.3) is 12.2 Å². The predicted octanol–water partition coefficient (Wildman–Crippen LogP) is 5.28. The maximum absolute atomic E-state index is 10.2. The van der Waals surface area contributed by atoms with Gasteiger partial charge in [0.15, 0.2) is 23.0 Å². The van der Waals surface area contributed by atoms with E-state index in [-0.39, 0.29) is 34.7 Å². The monoisotopic (exact) mass is 456 g/mol. The van der Waals surface area contributed by atoms with Crippen LogP contribution in [0.1, 0.15) is 22.6 Å². The molecule has 2 aliphatic heterocycles. The minimum Gasteiger partial charge on any atom is -0.508 e. The van der Waals surface area contributed by atoms with Crippen LogP contribution in [0.4, 0.5) is 0 Å². The molecular weight excluding hydrogens is 436 g/mol. The summed E-state index contributed by atoms with van der Waals surface area (Å²) in [6, 6.07) is 12.0. The number of aromatic hydroxyl groups is 5. The summed E-state index contributed by atoms with van der Waals surface area (Å²) >= 11 is 0. The first kappa shape index (κ1) is 21.1. The molecule has 2 heterocycles. The van der Waals surface area contributed by atoms with Crippen LogP contribution >= 0.6 is 0 Å². The summed E-state index contributed by atoms with van der Waals surface area (Å²) in [5.74, 6) is 0.992. The molecule has 3 aromatic rings. The lowest BCUT2D eigenvalue weighted by atomic mass is 9.91. The van der Waals surface area contributed by atoms with Crippen molar-refractivity contribution < 1.29 is 35.0 Å². The molecule has 3 aromatic carbocycles. The molecule has 5 rings (SSSR count). The predicted molar refractivity (Wildman–Crippen MR) is 126 cm³/mol. The van der Waals surface area contributed by atoms with E-state index in [2.05, 4.69) is 0 Å². The van der Waals surface area contributed by atoms with Crippen molar-refractivity contribution in [2.75, 3.05) is 0 Å². The molecule has 0 aliphatic carbocycles. The van der Waals surface area contributed by atoms with Gasteiger partial charge in [0.1, 0.15) is 28.8 Å². The lowest BCUT2D eigenvalue weighted by Crippen LogP contribution is -2.14.